The van der Waals surface area contributed by atoms with Crippen molar-refractivity contribution < 1.29 is 14.4 Å². The molecule has 0 unspecified atom stereocenters. The molecule has 4 aromatic carbocycles. The highest BCUT2D eigenvalue weighted by molar-refractivity contribution is 5.84. The van der Waals surface area contributed by atoms with Gasteiger partial charge in [-0.2, -0.15) is 15.0 Å². The number of hydrogen-bond donors (Lipinski definition) is 0. The standard InChI is InChI=1S/C30H21N5O5/c1-39-27-16-20(15-26(35(37)38)28(27)40-19-23-12-6-5-11-22(23)17-31)18-32-34-29(21-9-3-2-4-10-21)33-25-14-8-7-13-24(25)30(34)36/h2-16,18H,19H2,1H3. The summed E-state index contributed by atoms with van der Waals surface area (Å²) in [5, 5.41) is 26.1. The number of ether oxygens (including phenoxy) is 2. The molecule has 0 aliphatic rings. The summed E-state index contributed by atoms with van der Waals surface area (Å²) in [6.07, 6.45) is 1.33. The molecule has 40 heavy (non-hydrogen) atoms. The molecular formula is C30H21N5O5. The Morgan fingerprint density at radius 1 is 1.05 bits per heavy atom. The van der Waals surface area contributed by atoms with Crippen LogP contribution in [-0.4, -0.2) is 27.9 Å². The molecule has 5 rings (SSSR count). The number of rotatable bonds is 8. The predicted molar refractivity (Wildman–Crippen MR) is 150 cm³/mol. The largest absolute Gasteiger partial charge is 0.493 e. The van der Waals surface area contributed by atoms with E-state index in [2.05, 4.69) is 16.2 Å². The van der Waals surface area contributed by atoms with Gasteiger partial charge in [0.25, 0.3) is 5.56 Å². The molecule has 0 aliphatic heterocycles. The van der Waals surface area contributed by atoms with Gasteiger partial charge in [-0.25, -0.2) is 4.98 Å². The summed E-state index contributed by atoms with van der Waals surface area (Å²) in [6.45, 7) is -0.0764. The highest BCUT2D eigenvalue weighted by Crippen LogP contribution is 2.38. The molecule has 10 nitrogen and oxygen atoms in total. The molecule has 0 amide bonds. The number of nitrogens with zero attached hydrogens (tertiary/aromatic N) is 5. The van der Waals surface area contributed by atoms with E-state index in [1.807, 2.05) is 30.3 Å². The second-order valence-corrected chi connectivity index (χ2v) is 8.57. The summed E-state index contributed by atoms with van der Waals surface area (Å²) in [5.41, 5.74) is 1.72. The molecule has 0 radical (unpaired) electrons. The van der Waals surface area contributed by atoms with E-state index in [9.17, 15) is 20.2 Å². The SMILES string of the molecule is COc1cc(C=Nn2c(-c3ccccc3)nc3ccccc3c2=O)cc([N+](=O)[O-])c1OCc1ccccc1C#N. The molecule has 5 aromatic rings. The third-order valence-electron chi connectivity index (χ3n) is 6.09. The Balaban J connectivity index is 1.57. The van der Waals surface area contributed by atoms with Crippen molar-refractivity contribution >= 4 is 22.8 Å². The van der Waals surface area contributed by atoms with Crippen LogP contribution in [-0.2, 0) is 6.61 Å². The highest BCUT2D eigenvalue weighted by atomic mass is 16.6. The summed E-state index contributed by atoms with van der Waals surface area (Å²) < 4.78 is 12.4. The van der Waals surface area contributed by atoms with Crippen LogP contribution in [0.25, 0.3) is 22.3 Å². The van der Waals surface area contributed by atoms with Crippen LogP contribution in [0.5, 0.6) is 11.5 Å². The van der Waals surface area contributed by atoms with Crippen LogP contribution in [0, 0.1) is 21.4 Å². The van der Waals surface area contributed by atoms with Crippen molar-refractivity contribution in [1.29, 1.82) is 5.26 Å². The average molecular weight is 532 g/mol. The normalized spacial score (nSPS) is 10.9. The Morgan fingerprint density at radius 2 is 1.77 bits per heavy atom. The Kier molecular flexibility index (Phi) is 7.28. The minimum absolute atomic E-state index is 0.0764. The third-order valence-corrected chi connectivity index (χ3v) is 6.09. The first-order chi connectivity index (χ1) is 19.5. The summed E-state index contributed by atoms with van der Waals surface area (Å²) >= 11 is 0. The molecule has 0 saturated heterocycles. The number of hydrogen-bond acceptors (Lipinski definition) is 8. The van der Waals surface area contributed by atoms with Crippen molar-refractivity contribution in [3.05, 3.63) is 128 Å². The van der Waals surface area contributed by atoms with Crippen LogP contribution in [0.4, 0.5) is 5.69 Å². The Hall–Kier alpha value is -5.82. The topological polar surface area (TPSA) is 133 Å². The van der Waals surface area contributed by atoms with Crippen molar-refractivity contribution in [1.82, 2.24) is 9.66 Å². The van der Waals surface area contributed by atoms with Crippen LogP contribution in [0.15, 0.2) is 101 Å². The molecule has 1 aromatic heterocycles. The van der Waals surface area contributed by atoms with E-state index >= 15 is 0 Å². The lowest BCUT2D eigenvalue weighted by Gasteiger charge is -2.13. The fourth-order valence-corrected chi connectivity index (χ4v) is 4.15. The van der Waals surface area contributed by atoms with E-state index in [0.29, 0.717) is 39.0 Å². The van der Waals surface area contributed by atoms with Crippen LogP contribution < -0.4 is 15.0 Å². The molecule has 0 spiro atoms. The lowest BCUT2D eigenvalue weighted by molar-refractivity contribution is -0.386. The minimum Gasteiger partial charge on any atom is -0.493 e. The maximum atomic E-state index is 13.4. The van der Waals surface area contributed by atoms with Gasteiger partial charge in [0, 0.05) is 22.8 Å². The van der Waals surface area contributed by atoms with E-state index in [0.717, 1.165) is 0 Å². The lowest BCUT2D eigenvalue weighted by atomic mass is 10.1. The van der Waals surface area contributed by atoms with Crippen molar-refractivity contribution in [2.24, 2.45) is 5.10 Å². The lowest BCUT2D eigenvalue weighted by Crippen LogP contribution is -2.20. The number of nitro benzene ring substituents is 1. The van der Waals surface area contributed by atoms with Crippen molar-refractivity contribution in [2.75, 3.05) is 7.11 Å². The Bertz CT molecular complexity index is 1860. The first-order valence-electron chi connectivity index (χ1n) is 12.1. The second-order valence-electron chi connectivity index (χ2n) is 8.57. The van der Waals surface area contributed by atoms with Gasteiger partial charge in [-0.3, -0.25) is 14.9 Å². The molecule has 196 valence electrons. The first kappa shape index (κ1) is 25.8. The Labute approximate surface area is 228 Å². The fraction of sp³-hybridized carbons (Fsp3) is 0.0667. The van der Waals surface area contributed by atoms with Gasteiger partial charge >= 0.3 is 5.69 Å². The van der Waals surface area contributed by atoms with Crippen molar-refractivity contribution in [3.8, 4) is 29.0 Å². The maximum Gasteiger partial charge on any atom is 0.315 e. The van der Waals surface area contributed by atoms with Gasteiger partial charge in [-0.05, 0) is 24.3 Å². The van der Waals surface area contributed by atoms with Crippen LogP contribution in [0.2, 0.25) is 0 Å². The number of aromatic nitrogens is 2. The zero-order chi connectivity index (χ0) is 28.1. The fourth-order valence-electron chi connectivity index (χ4n) is 4.15. The monoisotopic (exact) mass is 531 g/mol. The van der Waals surface area contributed by atoms with Gasteiger partial charge in [0.1, 0.15) is 6.61 Å². The van der Waals surface area contributed by atoms with E-state index in [-0.39, 0.29) is 23.8 Å². The number of fused-ring (bicyclic) bond motifs is 1. The molecule has 0 fully saturated rings. The second kappa shape index (κ2) is 11.3. The summed E-state index contributed by atoms with van der Waals surface area (Å²) in [7, 11) is 1.36. The van der Waals surface area contributed by atoms with E-state index in [4.69, 9.17) is 9.47 Å². The van der Waals surface area contributed by atoms with Gasteiger partial charge in [-0.15, -0.1) is 0 Å². The van der Waals surface area contributed by atoms with E-state index in [1.165, 1.54) is 30.1 Å². The van der Waals surface area contributed by atoms with Crippen LogP contribution in [0.3, 0.4) is 0 Å². The third kappa shape index (κ3) is 5.12. The number of nitro groups is 1. The molecular weight excluding hydrogens is 510 g/mol. The van der Waals surface area contributed by atoms with Gasteiger partial charge in [0.2, 0.25) is 5.75 Å². The summed E-state index contributed by atoms with van der Waals surface area (Å²) in [6, 6.07) is 27.8. The van der Waals surface area contributed by atoms with E-state index in [1.54, 1.807) is 48.5 Å². The van der Waals surface area contributed by atoms with Gasteiger partial charge in [0.15, 0.2) is 11.6 Å². The number of methoxy groups -OCH3 is 1. The highest BCUT2D eigenvalue weighted by Gasteiger charge is 2.23. The Morgan fingerprint density at radius 3 is 2.52 bits per heavy atom. The molecule has 0 bridgehead atoms. The predicted octanol–water partition coefficient (Wildman–Crippen LogP) is 5.31. The first-order valence-corrected chi connectivity index (χ1v) is 12.1. The zero-order valence-electron chi connectivity index (χ0n) is 21.2. The molecule has 0 aliphatic carbocycles. The average Bonchev–Trinajstić information content (AvgIpc) is 2.99. The smallest absolute Gasteiger partial charge is 0.315 e. The van der Waals surface area contributed by atoms with Gasteiger partial charge in [-0.1, -0.05) is 60.7 Å². The van der Waals surface area contributed by atoms with Gasteiger partial charge < -0.3 is 9.47 Å². The molecule has 0 N–H and O–H groups in total. The molecule has 1 heterocycles. The van der Waals surface area contributed by atoms with Crippen molar-refractivity contribution in [3.63, 3.8) is 0 Å². The molecule has 10 heteroatoms. The molecule has 0 atom stereocenters. The van der Waals surface area contributed by atoms with Gasteiger partial charge in [0.05, 0.1) is 40.8 Å². The quantitative estimate of drug-likeness (QED) is 0.150. The van der Waals surface area contributed by atoms with Crippen molar-refractivity contribution in [2.45, 2.75) is 6.61 Å². The van der Waals surface area contributed by atoms with E-state index < -0.39 is 10.5 Å². The summed E-state index contributed by atoms with van der Waals surface area (Å²) in [4.78, 5) is 29.5. The maximum absolute atomic E-state index is 13.4. The number of nitriles is 1. The number of para-hydroxylation sites is 1. The number of benzene rings is 4. The minimum atomic E-state index is -0.593. The van der Waals surface area contributed by atoms with Crippen LogP contribution >= 0.6 is 0 Å². The summed E-state index contributed by atoms with van der Waals surface area (Å²) in [5.74, 6) is 0.322. The molecule has 0 saturated carbocycles. The zero-order valence-corrected chi connectivity index (χ0v) is 21.2. The van der Waals surface area contributed by atoms with Crippen LogP contribution in [0.1, 0.15) is 16.7 Å².